The van der Waals surface area contributed by atoms with Crippen LogP contribution < -0.4 is 0 Å². The van der Waals surface area contributed by atoms with Crippen LogP contribution in [0.5, 0.6) is 0 Å². The lowest BCUT2D eigenvalue weighted by atomic mass is 10.1. The Bertz CT molecular complexity index is 199. The third-order valence-corrected chi connectivity index (χ3v) is 6.53. The van der Waals surface area contributed by atoms with Crippen molar-refractivity contribution in [3.8, 4) is 0 Å². The highest BCUT2D eigenvalue weighted by atomic mass is 27.2. The molecule has 18 heavy (non-hydrogen) atoms. The topological polar surface area (TPSA) is 9.23 Å². The zero-order valence-corrected chi connectivity index (χ0v) is 14.6. The van der Waals surface area contributed by atoms with Crippen LogP contribution >= 0.6 is 0 Å². The van der Waals surface area contributed by atoms with Gasteiger partial charge in [0.15, 0.2) is 0 Å². The summed E-state index contributed by atoms with van der Waals surface area (Å²) in [5, 5.41) is 2.65. The van der Waals surface area contributed by atoms with E-state index in [1.165, 1.54) is 17.0 Å². The van der Waals surface area contributed by atoms with Gasteiger partial charge in [-0.25, -0.2) is 0 Å². The third kappa shape index (κ3) is 12.7. The standard InChI is InChI=1S/C8H15O.2C4H9.Al/c1-8(2)6-4-3-5-7-9;2*1-4(2)3;/h3-4,8H,5-7H2,1-2H3;2*4H,1H2,2-3H3;/q-1;;;+1/b4-3+;;;. The minimum atomic E-state index is -0.955. The molecule has 1 nitrogen and oxygen atoms in total. The molecule has 0 radical (unpaired) electrons. The Balaban J connectivity index is 3.78. The van der Waals surface area contributed by atoms with Gasteiger partial charge in [-0.2, -0.15) is 0 Å². The van der Waals surface area contributed by atoms with E-state index in [0.717, 1.165) is 30.8 Å². The molecule has 0 saturated carbocycles. The number of hydrogen-bond donors (Lipinski definition) is 0. The number of hydrogen-bond acceptors (Lipinski definition) is 1. The summed E-state index contributed by atoms with van der Waals surface area (Å²) in [5.74, 6) is 2.35. The Kier molecular flexibility index (Phi) is 11.2. The van der Waals surface area contributed by atoms with E-state index in [4.69, 9.17) is 3.79 Å². The molecule has 0 bridgehead atoms. The fourth-order valence-electron chi connectivity index (χ4n) is 2.07. The van der Waals surface area contributed by atoms with Crippen LogP contribution in [0, 0.1) is 17.8 Å². The van der Waals surface area contributed by atoms with Crippen LogP contribution in [0.3, 0.4) is 0 Å². The van der Waals surface area contributed by atoms with E-state index in [1.54, 1.807) is 0 Å². The normalized spacial score (nSPS) is 12.3. The van der Waals surface area contributed by atoms with Gasteiger partial charge in [0, 0.05) is 6.61 Å². The Hall–Kier alpha value is 0.232. The maximum atomic E-state index is 6.16. The molecule has 106 valence electrons. The molecule has 0 spiro atoms. The summed E-state index contributed by atoms with van der Waals surface area (Å²) >= 11 is -0.955. The molecule has 0 amide bonds. The van der Waals surface area contributed by atoms with Gasteiger partial charge in [-0.15, -0.1) is 0 Å². The van der Waals surface area contributed by atoms with Gasteiger partial charge in [0.1, 0.15) is 0 Å². The summed E-state index contributed by atoms with van der Waals surface area (Å²) in [7, 11) is 0. The van der Waals surface area contributed by atoms with Gasteiger partial charge in [-0.05, 0) is 18.8 Å². The molecule has 0 aliphatic rings. The van der Waals surface area contributed by atoms with Gasteiger partial charge < -0.3 is 3.79 Å². The van der Waals surface area contributed by atoms with Crippen molar-refractivity contribution >= 4 is 14.5 Å². The first-order chi connectivity index (χ1) is 8.41. The van der Waals surface area contributed by atoms with E-state index in [2.05, 4.69) is 53.7 Å². The van der Waals surface area contributed by atoms with Crippen LogP contribution in [0.2, 0.25) is 10.6 Å². The molecule has 0 atom stereocenters. The Morgan fingerprint density at radius 2 is 1.39 bits per heavy atom. The summed E-state index contributed by atoms with van der Waals surface area (Å²) in [4.78, 5) is 0. The molecule has 2 heteroatoms. The van der Waals surface area contributed by atoms with Crippen molar-refractivity contribution in [2.24, 2.45) is 17.8 Å². The fraction of sp³-hybridized carbons (Fsp3) is 0.875. The SMILES string of the molecule is CC(C)C/C=C/CC[O][Al]([CH2]C(C)C)[CH2]C(C)C. The molecule has 0 unspecified atom stereocenters. The second-order valence-corrected chi connectivity index (χ2v) is 9.16. The molecule has 0 aliphatic heterocycles. The first kappa shape index (κ1) is 18.2. The van der Waals surface area contributed by atoms with E-state index in [-0.39, 0.29) is 0 Å². The van der Waals surface area contributed by atoms with Crippen LogP contribution in [-0.2, 0) is 3.79 Å². The lowest BCUT2D eigenvalue weighted by molar-refractivity contribution is 0.317. The van der Waals surface area contributed by atoms with Crippen molar-refractivity contribution in [1.29, 1.82) is 0 Å². The fourth-order valence-corrected chi connectivity index (χ4v) is 5.11. The molecule has 0 aromatic carbocycles. The number of allylic oxidation sites excluding steroid dienone is 1. The number of rotatable bonds is 10. The highest BCUT2D eigenvalue weighted by Gasteiger charge is 2.22. The summed E-state index contributed by atoms with van der Waals surface area (Å²) < 4.78 is 6.16. The predicted molar refractivity (Wildman–Crippen MR) is 84.2 cm³/mol. The smallest absolute Gasteiger partial charge is 0.461 e. The quantitative estimate of drug-likeness (QED) is 0.297. The molecule has 0 heterocycles. The molecule has 0 rings (SSSR count). The summed E-state index contributed by atoms with van der Waals surface area (Å²) in [6, 6.07) is 0. The van der Waals surface area contributed by atoms with Gasteiger partial charge in [0.05, 0.1) is 0 Å². The van der Waals surface area contributed by atoms with Crippen LogP contribution in [0.1, 0.15) is 54.4 Å². The van der Waals surface area contributed by atoms with E-state index in [1.807, 2.05) is 0 Å². The summed E-state index contributed by atoms with van der Waals surface area (Å²) in [5.41, 5.74) is 0. The van der Waals surface area contributed by atoms with Crippen molar-refractivity contribution in [3.63, 3.8) is 0 Å². The predicted octanol–water partition coefficient (Wildman–Crippen LogP) is 5.30. The molecular weight excluding hydrogens is 235 g/mol. The second kappa shape index (κ2) is 11.1. The van der Waals surface area contributed by atoms with Crippen molar-refractivity contribution < 1.29 is 3.79 Å². The monoisotopic (exact) mass is 268 g/mol. The lowest BCUT2D eigenvalue weighted by Gasteiger charge is -2.16. The van der Waals surface area contributed by atoms with Gasteiger partial charge >= 0.3 is 14.5 Å². The largest absolute Gasteiger partial charge is 0.500 e. The van der Waals surface area contributed by atoms with Gasteiger partial charge in [0.2, 0.25) is 0 Å². The summed E-state index contributed by atoms with van der Waals surface area (Å²) in [6.45, 7) is 14.7. The van der Waals surface area contributed by atoms with Crippen molar-refractivity contribution in [2.75, 3.05) is 6.61 Å². The first-order valence-electron chi connectivity index (χ1n) is 7.68. The molecule has 0 aromatic rings. The second-order valence-electron chi connectivity index (χ2n) is 6.64. The first-order valence-corrected chi connectivity index (χ1v) is 9.78. The molecule has 0 aliphatic carbocycles. The highest BCUT2D eigenvalue weighted by Crippen LogP contribution is 2.15. The highest BCUT2D eigenvalue weighted by molar-refractivity contribution is 6.51. The van der Waals surface area contributed by atoms with E-state index in [9.17, 15) is 0 Å². The summed E-state index contributed by atoms with van der Waals surface area (Å²) in [6.07, 6.45) is 6.87. The van der Waals surface area contributed by atoms with Crippen LogP contribution in [0.4, 0.5) is 0 Å². The zero-order chi connectivity index (χ0) is 14.0. The molecule has 0 saturated heterocycles. The van der Waals surface area contributed by atoms with Crippen LogP contribution in [-0.4, -0.2) is 21.1 Å². The van der Waals surface area contributed by atoms with Crippen molar-refractivity contribution in [1.82, 2.24) is 0 Å². The average Bonchev–Trinajstić information content (AvgIpc) is 2.20. The lowest BCUT2D eigenvalue weighted by Crippen LogP contribution is -2.22. The van der Waals surface area contributed by atoms with Gasteiger partial charge in [0.25, 0.3) is 0 Å². The Morgan fingerprint density at radius 3 is 1.83 bits per heavy atom. The van der Waals surface area contributed by atoms with Crippen molar-refractivity contribution in [2.45, 2.75) is 64.9 Å². The molecule has 0 aromatic heterocycles. The van der Waals surface area contributed by atoms with Gasteiger partial charge in [-0.3, -0.25) is 0 Å². The van der Waals surface area contributed by atoms with E-state index in [0.29, 0.717) is 0 Å². The molecule has 0 N–H and O–H groups in total. The molecular formula is C16H33AlO. The Labute approximate surface area is 120 Å². The van der Waals surface area contributed by atoms with Gasteiger partial charge in [-0.1, -0.05) is 76.1 Å². The van der Waals surface area contributed by atoms with E-state index >= 15 is 0 Å². The Morgan fingerprint density at radius 1 is 0.833 bits per heavy atom. The van der Waals surface area contributed by atoms with Crippen LogP contribution in [0.15, 0.2) is 12.2 Å². The zero-order valence-electron chi connectivity index (χ0n) is 13.4. The van der Waals surface area contributed by atoms with Crippen LogP contribution in [0.25, 0.3) is 0 Å². The van der Waals surface area contributed by atoms with E-state index < -0.39 is 14.5 Å². The van der Waals surface area contributed by atoms with Crippen molar-refractivity contribution in [3.05, 3.63) is 12.2 Å². The third-order valence-electron chi connectivity index (χ3n) is 2.88. The molecule has 0 fully saturated rings. The minimum absolute atomic E-state index is 0.770. The maximum Gasteiger partial charge on any atom is 0.461 e. The maximum absolute atomic E-state index is 6.16. The minimum Gasteiger partial charge on any atom is -0.500 e. The average molecular weight is 268 g/mol.